The number of ether oxygens (including phenoxy) is 1. The van der Waals surface area contributed by atoms with Crippen molar-refractivity contribution in [1.82, 2.24) is 15.2 Å². The van der Waals surface area contributed by atoms with Crippen LogP contribution in [0.25, 0.3) is 0 Å². The summed E-state index contributed by atoms with van der Waals surface area (Å²) in [5.74, 6) is -5.98. The van der Waals surface area contributed by atoms with Crippen LogP contribution < -0.4 is 5.32 Å². The molecule has 2 aliphatic heterocycles. The number of aromatic nitrogens is 1. The summed E-state index contributed by atoms with van der Waals surface area (Å²) < 4.78 is 47.8. The van der Waals surface area contributed by atoms with Crippen molar-refractivity contribution >= 4 is 40.7 Å². The van der Waals surface area contributed by atoms with Crippen molar-refractivity contribution < 1.29 is 32.6 Å². The normalized spacial score (nSPS) is 22.0. The SMILES string of the molecule is CCOC(=O)C1=C(CN2CC(F)(F)CC2C(=O)O)NC(c2nccs2)=NC1c1cccc(F)c1Cl. The van der Waals surface area contributed by atoms with E-state index in [0.717, 1.165) is 11.0 Å². The van der Waals surface area contributed by atoms with E-state index in [1.54, 1.807) is 12.3 Å². The van der Waals surface area contributed by atoms with Crippen molar-refractivity contribution in [3.63, 3.8) is 0 Å². The Labute approximate surface area is 207 Å². The molecule has 1 aromatic heterocycles. The van der Waals surface area contributed by atoms with E-state index in [4.69, 9.17) is 16.3 Å². The van der Waals surface area contributed by atoms with E-state index in [9.17, 15) is 27.9 Å². The van der Waals surface area contributed by atoms with Crippen molar-refractivity contribution in [2.75, 3.05) is 19.7 Å². The van der Waals surface area contributed by atoms with Gasteiger partial charge in [0.05, 0.1) is 23.7 Å². The van der Waals surface area contributed by atoms with Gasteiger partial charge in [0.25, 0.3) is 5.92 Å². The molecule has 1 saturated heterocycles. The van der Waals surface area contributed by atoms with Gasteiger partial charge in [0.2, 0.25) is 0 Å². The molecule has 35 heavy (non-hydrogen) atoms. The Balaban J connectivity index is 1.85. The lowest BCUT2D eigenvalue weighted by molar-refractivity contribution is -0.142. The van der Waals surface area contributed by atoms with Crippen LogP contribution in [0.4, 0.5) is 13.2 Å². The van der Waals surface area contributed by atoms with Gasteiger partial charge in [-0.15, -0.1) is 11.3 Å². The molecule has 2 N–H and O–H groups in total. The number of carbonyl (C=O) groups excluding carboxylic acids is 1. The van der Waals surface area contributed by atoms with Gasteiger partial charge in [0.15, 0.2) is 10.8 Å². The molecule has 2 aliphatic rings. The lowest BCUT2D eigenvalue weighted by Gasteiger charge is -2.30. The number of aliphatic carboxylic acids is 1. The van der Waals surface area contributed by atoms with Crippen LogP contribution in [-0.4, -0.2) is 64.4 Å². The minimum atomic E-state index is -3.22. The maximum atomic E-state index is 14.3. The van der Waals surface area contributed by atoms with Crippen LogP contribution in [0.5, 0.6) is 0 Å². The number of nitrogens with one attached hydrogen (secondary N) is 1. The molecule has 0 saturated carbocycles. The zero-order valence-electron chi connectivity index (χ0n) is 18.3. The second-order valence-corrected chi connectivity index (χ2v) is 9.19. The average molecular weight is 529 g/mol. The predicted octanol–water partition coefficient (Wildman–Crippen LogP) is 3.64. The van der Waals surface area contributed by atoms with Crippen LogP contribution in [0.3, 0.4) is 0 Å². The first-order valence-corrected chi connectivity index (χ1v) is 11.8. The quantitative estimate of drug-likeness (QED) is 0.529. The molecule has 0 bridgehead atoms. The highest BCUT2D eigenvalue weighted by Crippen LogP contribution is 2.39. The number of aliphatic imine (C=N–C) groups is 1. The van der Waals surface area contributed by atoms with Crippen molar-refractivity contribution in [3.8, 4) is 0 Å². The van der Waals surface area contributed by atoms with Crippen molar-refractivity contribution in [3.05, 3.63) is 62.5 Å². The maximum absolute atomic E-state index is 14.3. The molecule has 186 valence electrons. The minimum absolute atomic E-state index is 0.00179. The molecule has 2 aromatic rings. The van der Waals surface area contributed by atoms with Crippen LogP contribution in [0.15, 0.2) is 46.0 Å². The summed E-state index contributed by atoms with van der Waals surface area (Å²) >= 11 is 7.45. The average Bonchev–Trinajstić information content (AvgIpc) is 3.43. The summed E-state index contributed by atoms with van der Waals surface area (Å²) in [6.07, 6.45) is 0.664. The lowest BCUT2D eigenvalue weighted by atomic mass is 9.95. The number of halogens is 4. The lowest BCUT2D eigenvalue weighted by Crippen LogP contribution is -2.43. The predicted molar refractivity (Wildman–Crippen MR) is 122 cm³/mol. The summed E-state index contributed by atoms with van der Waals surface area (Å²) in [4.78, 5) is 34.6. The molecule has 1 fully saturated rings. The highest BCUT2D eigenvalue weighted by Gasteiger charge is 2.49. The number of thiazole rings is 1. The highest BCUT2D eigenvalue weighted by molar-refractivity contribution is 7.11. The Hall–Kier alpha value is -2.96. The Morgan fingerprint density at radius 2 is 2.17 bits per heavy atom. The van der Waals surface area contributed by atoms with E-state index in [0.29, 0.717) is 5.01 Å². The molecule has 3 heterocycles. The molecular formula is C22H20ClF3N4O4S. The number of likely N-dealkylation sites (tertiary alicyclic amines) is 1. The number of amidine groups is 1. The molecule has 0 radical (unpaired) electrons. The molecule has 1 aromatic carbocycles. The van der Waals surface area contributed by atoms with Gasteiger partial charge < -0.3 is 15.2 Å². The van der Waals surface area contributed by atoms with Crippen molar-refractivity contribution in [1.29, 1.82) is 0 Å². The third-order valence-electron chi connectivity index (χ3n) is 5.55. The number of carbonyl (C=O) groups is 2. The number of carboxylic acids is 1. The maximum Gasteiger partial charge on any atom is 0.338 e. The first-order valence-electron chi connectivity index (χ1n) is 10.5. The number of benzene rings is 1. The largest absolute Gasteiger partial charge is 0.480 e. The van der Waals surface area contributed by atoms with E-state index in [1.165, 1.54) is 29.7 Å². The van der Waals surface area contributed by atoms with E-state index >= 15 is 0 Å². The van der Waals surface area contributed by atoms with Crippen LogP contribution in [-0.2, 0) is 14.3 Å². The van der Waals surface area contributed by atoms with Crippen molar-refractivity contribution in [2.45, 2.75) is 31.4 Å². The van der Waals surface area contributed by atoms with Gasteiger partial charge in [-0.25, -0.2) is 22.9 Å². The van der Waals surface area contributed by atoms with Crippen molar-refractivity contribution in [2.24, 2.45) is 4.99 Å². The zero-order valence-corrected chi connectivity index (χ0v) is 19.9. The van der Waals surface area contributed by atoms with E-state index < -0.39 is 48.7 Å². The molecule has 0 amide bonds. The van der Waals surface area contributed by atoms with Gasteiger partial charge in [-0.3, -0.25) is 14.7 Å². The fourth-order valence-electron chi connectivity index (χ4n) is 4.07. The number of esters is 1. The third kappa shape index (κ3) is 5.19. The fourth-order valence-corrected chi connectivity index (χ4v) is 4.89. The number of hydrogen-bond acceptors (Lipinski definition) is 8. The fraction of sp³-hybridized carbons (Fsp3) is 0.364. The van der Waals surface area contributed by atoms with Crippen LogP contribution in [0, 0.1) is 5.82 Å². The first-order chi connectivity index (χ1) is 16.6. The number of hydrogen-bond donors (Lipinski definition) is 2. The Kier molecular flexibility index (Phi) is 7.15. The third-order valence-corrected chi connectivity index (χ3v) is 6.72. The van der Waals surface area contributed by atoms with Gasteiger partial charge in [-0.05, 0) is 13.0 Å². The summed E-state index contributed by atoms with van der Waals surface area (Å²) in [5, 5.41) is 14.3. The van der Waals surface area contributed by atoms with E-state index in [-0.39, 0.29) is 40.8 Å². The van der Waals surface area contributed by atoms with Gasteiger partial charge in [0, 0.05) is 35.8 Å². The Bertz CT molecular complexity index is 1210. The van der Waals surface area contributed by atoms with E-state index in [1.807, 2.05) is 0 Å². The topological polar surface area (TPSA) is 104 Å². The summed E-state index contributed by atoms with van der Waals surface area (Å²) in [7, 11) is 0. The molecule has 0 aliphatic carbocycles. The monoisotopic (exact) mass is 528 g/mol. The van der Waals surface area contributed by atoms with Gasteiger partial charge in [-0.1, -0.05) is 23.7 Å². The Morgan fingerprint density at radius 1 is 1.40 bits per heavy atom. The molecule has 4 rings (SSSR count). The first kappa shape index (κ1) is 25.1. The van der Waals surface area contributed by atoms with E-state index in [2.05, 4.69) is 15.3 Å². The summed E-state index contributed by atoms with van der Waals surface area (Å²) in [6, 6.07) is 1.42. The second kappa shape index (κ2) is 9.96. The molecule has 2 unspecified atom stereocenters. The molecule has 2 atom stereocenters. The molecule has 13 heteroatoms. The van der Waals surface area contributed by atoms with Gasteiger partial charge in [0.1, 0.15) is 17.9 Å². The Morgan fingerprint density at radius 3 is 2.83 bits per heavy atom. The molecule has 8 nitrogen and oxygen atoms in total. The smallest absolute Gasteiger partial charge is 0.338 e. The number of carboxylic acid groups (broad SMARTS) is 1. The van der Waals surface area contributed by atoms with Gasteiger partial charge >= 0.3 is 11.9 Å². The van der Waals surface area contributed by atoms with Crippen LogP contribution in [0.1, 0.15) is 30.0 Å². The number of alkyl halides is 2. The highest BCUT2D eigenvalue weighted by atomic mass is 35.5. The van der Waals surface area contributed by atoms with Crippen LogP contribution in [0.2, 0.25) is 5.02 Å². The zero-order chi connectivity index (χ0) is 25.3. The molecular weight excluding hydrogens is 509 g/mol. The number of nitrogens with zero attached hydrogens (tertiary/aromatic N) is 3. The van der Waals surface area contributed by atoms with Crippen LogP contribution >= 0.6 is 22.9 Å². The summed E-state index contributed by atoms with van der Waals surface area (Å²) in [6.45, 7) is 0.418. The standard InChI is InChI=1S/C22H20ClF3N4O4S/c1-2-34-21(33)15-13(9-30-10-22(25,26)8-14(30)20(31)32)28-18(19-27-6-7-35-19)29-17(15)11-4-3-5-12(24)16(11)23/h3-7,14,17H,2,8-10H2,1H3,(H,28,29)(H,31,32). The number of rotatable bonds is 7. The minimum Gasteiger partial charge on any atom is -0.480 e. The molecule has 0 spiro atoms. The second-order valence-electron chi connectivity index (χ2n) is 7.92. The van der Waals surface area contributed by atoms with Gasteiger partial charge in [-0.2, -0.15) is 0 Å². The summed E-state index contributed by atoms with van der Waals surface area (Å²) in [5.41, 5.74) is 0.168.